The summed E-state index contributed by atoms with van der Waals surface area (Å²) in [5, 5.41) is 20.7. The van der Waals surface area contributed by atoms with Gasteiger partial charge in [-0.3, -0.25) is 19.7 Å². The predicted octanol–water partition coefficient (Wildman–Crippen LogP) is 1.96. The van der Waals surface area contributed by atoms with E-state index in [1.165, 1.54) is 31.2 Å². The fourth-order valence-corrected chi connectivity index (χ4v) is 2.22. The van der Waals surface area contributed by atoms with Crippen molar-refractivity contribution in [3.05, 3.63) is 45.0 Å². The Morgan fingerprint density at radius 1 is 1.33 bits per heavy atom. The highest BCUT2D eigenvalue weighted by atomic mass is 35.5. The third-order valence-corrected chi connectivity index (χ3v) is 3.44. The number of rotatable bonds is 6. The fraction of sp³-hybridized carbons (Fsp3) is 0.385. The van der Waals surface area contributed by atoms with Gasteiger partial charge in [-0.15, -0.1) is 0 Å². The molecule has 0 aliphatic carbocycles. The van der Waals surface area contributed by atoms with Crippen LogP contribution in [0, 0.1) is 16.0 Å². The van der Waals surface area contributed by atoms with Gasteiger partial charge in [0.15, 0.2) is 5.92 Å². The number of halogens is 1. The van der Waals surface area contributed by atoms with Crippen LogP contribution in [0.25, 0.3) is 0 Å². The summed E-state index contributed by atoms with van der Waals surface area (Å²) in [5.74, 6) is -5.34. The van der Waals surface area contributed by atoms with E-state index in [9.17, 15) is 24.8 Å². The molecule has 0 aliphatic heterocycles. The number of nitro groups is 1. The molecule has 3 atom stereocenters. The molecule has 0 spiro atoms. The number of benzene rings is 1. The zero-order valence-electron chi connectivity index (χ0n) is 11.4. The Balaban J connectivity index is 3.35. The van der Waals surface area contributed by atoms with Crippen molar-refractivity contribution in [3.63, 3.8) is 0 Å². The first kappa shape index (κ1) is 16.9. The van der Waals surface area contributed by atoms with Gasteiger partial charge in [0, 0.05) is 16.9 Å². The molecule has 1 N–H and O–H groups in total. The van der Waals surface area contributed by atoms with Crippen molar-refractivity contribution >= 4 is 23.5 Å². The first-order valence-electron chi connectivity index (χ1n) is 5.99. The van der Waals surface area contributed by atoms with Crippen LogP contribution in [-0.2, 0) is 14.3 Å². The maximum Gasteiger partial charge on any atom is 0.320 e. The topological polar surface area (TPSA) is 107 Å². The minimum Gasteiger partial charge on any atom is -0.481 e. The number of esters is 1. The maximum atomic E-state index is 11.7. The second kappa shape index (κ2) is 7.03. The highest BCUT2D eigenvalue weighted by molar-refractivity contribution is 6.30. The van der Waals surface area contributed by atoms with E-state index in [4.69, 9.17) is 11.6 Å². The molecule has 0 saturated carbocycles. The third kappa shape index (κ3) is 3.91. The van der Waals surface area contributed by atoms with Crippen LogP contribution >= 0.6 is 11.6 Å². The average molecular weight is 316 g/mol. The standard InChI is InChI=1S/C13H14ClNO6/c1-7(15(19)20)10(8-3-5-9(14)6-4-8)11(12(16)17)13(18)21-2/h3-7,10-11H,1-2H3,(H,16,17). The molecule has 0 bridgehead atoms. The summed E-state index contributed by atoms with van der Waals surface area (Å²) in [6.07, 6.45) is 0. The Kier molecular flexibility index (Phi) is 5.66. The molecule has 3 unspecified atom stereocenters. The molecule has 0 saturated heterocycles. The number of carboxylic acid groups (broad SMARTS) is 1. The molecule has 0 radical (unpaired) electrons. The lowest BCUT2D eigenvalue weighted by Crippen LogP contribution is -2.39. The van der Waals surface area contributed by atoms with Crippen molar-refractivity contribution in [2.24, 2.45) is 5.92 Å². The lowest BCUT2D eigenvalue weighted by Gasteiger charge is -2.23. The lowest BCUT2D eigenvalue weighted by molar-refractivity contribution is -0.523. The second-order valence-corrected chi connectivity index (χ2v) is 4.88. The summed E-state index contributed by atoms with van der Waals surface area (Å²) in [7, 11) is 1.04. The van der Waals surface area contributed by atoms with Crippen LogP contribution in [0.2, 0.25) is 5.02 Å². The molecule has 0 fully saturated rings. The molecule has 0 aliphatic rings. The SMILES string of the molecule is COC(=O)C(C(=O)O)C(c1ccc(Cl)cc1)C(C)[N+](=O)[O-]. The largest absolute Gasteiger partial charge is 0.481 e. The van der Waals surface area contributed by atoms with Crippen LogP contribution in [0.5, 0.6) is 0 Å². The lowest BCUT2D eigenvalue weighted by atomic mass is 9.81. The molecular weight excluding hydrogens is 302 g/mol. The van der Waals surface area contributed by atoms with Gasteiger partial charge >= 0.3 is 11.9 Å². The zero-order valence-corrected chi connectivity index (χ0v) is 12.1. The average Bonchev–Trinajstić information content (AvgIpc) is 2.43. The van der Waals surface area contributed by atoms with Crippen LogP contribution < -0.4 is 0 Å². The van der Waals surface area contributed by atoms with Crippen molar-refractivity contribution in [3.8, 4) is 0 Å². The van der Waals surface area contributed by atoms with Gasteiger partial charge in [-0.1, -0.05) is 23.7 Å². The Morgan fingerprint density at radius 2 is 1.86 bits per heavy atom. The first-order valence-corrected chi connectivity index (χ1v) is 6.37. The third-order valence-electron chi connectivity index (χ3n) is 3.19. The highest BCUT2D eigenvalue weighted by Crippen LogP contribution is 2.32. The number of methoxy groups -OCH3 is 1. The van der Waals surface area contributed by atoms with Gasteiger partial charge in [-0.25, -0.2) is 0 Å². The first-order chi connectivity index (χ1) is 9.79. The Hall–Kier alpha value is -2.15. The van der Waals surface area contributed by atoms with Crippen molar-refractivity contribution in [1.29, 1.82) is 0 Å². The normalized spacial score (nSPS) is 14.8. The second-order valence-electron chi connectivity index (χ2n) is 4.44. The molecule has 8 heteroatoms. The van der Waals surface area contributed by atoms with E-state index in [0.717, 1.165) is 7.11 Å². The van der Waals surface area contributed by atoms with Gasteiger partial charge in [-0.2, -0.15) is 0 Å². The maximum absolute atomic E-state index is 11.7. The van der Waals surface area contributed by atoms with Crippen LogP contribution in [0.1, 0.15) is 18.4 Å². The zero-order chi connectivity index (χ0) is 16.2. The van der Waals surface area contributed by atoms with Crippen molar-refractivity contribution < 1.29 is 24.4 Å². The van der Waals surface area contributed by atoms with Crippen molar-refractivity contribution in [2.75, 3.05) is 7.11 Å². The smallest absolute Gasteiger partial charge is 0.320 e. The van der Waals surface area contributed by atoms with Crippen molar-refractivity contribution in [2.45, 2.75) is 18.9 Å². The van der Waals surface area contributed by atoms with E-state index in [0.29, 0.717) is 10.6 Å². The number of ether oxygens (including phenoxy) is 1. The van der Waals surface area contributed by atoms with Gasteiger partial charge in [-0.05, 0) is 17.7 Å². The molecule has 1 rings (SSSR count). The summed E-state index contributed by atoms with van der Waals surface area (Å²) in [6.45, 7) is 1.25. The highest BCUT2D eigenvalue weighted by Gasteiger charge is 2.44. The van der Waals surface area contributed by atoms with E-state index in [2.05, 4.69) is 4.74 Å². The summed E-state index contributed by atoms with van der Waals surface area (Å²) < 4.78 is 4.46. The number of aliphatic carboxylic acids is 1. The Labute approximate surface area is 125 Å². The molecule has 0 aromatic heterocycles. The van der Waals surface area contributed by atoms with Crippen LogP contribution in [0.4, 0.5) is 0 Å². The number of carboxylic acids is 1. The molecule has 1 aromatic rings. The molecule has 1 aromatic carbocycles. The van der Waals surface area contributed by atoms with Crippen LogP contribution in [0.3, 0.4) is 0 Å². The summed E-state index contributed by atoms with van der Waals surface area (Å²) in [5.41, 5.74) is 0.335. The van der Waals surface area contributed by atoms with Gasteiger partial charge in [0.2, 0.25) is 6.04 Å². The summed E-state index contributed by atoms with van der Waals surface area (Å²) in [4.78, 5) is 33.5. The molecule has 21 heavy (non-hydrogen) atoms. The van der Waals surface area contributed by atoms with Crippen LogP contribution in [0.15, 0.2) is 24.3 Å². The fourth-order valence-electron chi connectivity index (χ4n) is 2.09. The molecule has 0 amide bonds. The van der Waals surface area contributed by atoms with E-state index in [1.54, 1.807) is 0 Å². The monoisotopic (exact) mass is 315 g/mol. The van der Waals surface area contributed by atoms with E-state index in [1.807, 2.05) is 0 Å². The number of carbonyl (C=O) groups excluding carboxylic acids is 1. The quantitative estimate of drug-likeness (QED) is 0.372. The van der Waals surface area contributed by atoms with Gasteiger partial charge in [0.05, 0.1) is 13.0 Å². The number of nitrogens with zero attached hydrogens (tertiary/aromatic N) is 1. The van der Waals surface area contributed by atoms with Gasteiger partial charge in [0.25, 0.3) is 0 Å². The minimum atomic E-state index is -1.67. The molecule has 0 heterocycles. The van der Waals surface area contributed by atoms with E-state index < -0.39 is 34.7 Å². The molecular formula is C13H14ClNO6. The molecule has 7 nitrogen and oxygen atoms in total. The number of carbonyl (C=O) groups is 2. The number of hydrogen-bond acceptors (Lipinski definition) is 5. The van der Waals surface area contributed by atoms with Crippen LogP contribution in [-0.4, -0.2) is 35.1 Å². The van der Waals surface area contributed by atoms with E-state index >= 15 is 0 Å². The predicted molar refractivity (Wildman–Crippen MR) is 73.8 cm³/mol. The van der Waals surface area contributed by atoms with Gasteiger partial charge < -0.3 is 9.84 Å². The Bertz CT molecular complexity index is 544. The Morgan fingerprint density at radius 3 is 2.24 bits per heavy atom. The number of hydrogen-bond donors (Lipinski definition) is 1. The molecule has 114 valence electrons. The summed E-state index contributed by atoms with van der Waals surface area (Å²) in [6, 6.07) is 4.60. The van der Waals surface area contributed by atoms with E-state index in [-0.39, 0.29) is 0 Å². The summed E-state index contributed by atoms with van der Waals surface area (Å²) >= 11 is 5.75. The van der Waals surface area contributed by atoms with Gasteiger partial charge in [0.1, 0.15) is 0 Å². The minimum absolute atomic E-state index is 0.335. The van der Waals surface area contributed by atoms with Crippen molar-refractivity contribution in [1.82, 2.24) is 0 Å².